The molecule has 4 aliphatic heterocycles. The normalized spacial score (nSPS) is 33.2. The molecule has 0 aliphatic carbocycles. The van der Waals surface area contributed by atoms with E-state index >= 15 is 0 Å². The lowest BCUT2D eigenvalue weighted by atomic mass is 9.99. The molecule has 330 valence electrons. The number of aliphatic hydroxyl groups excluding tert-OH is 1. The van der Waals surface area contributed by atoms with Crippen LogP contribution in [0.25, 0.3) is 11.2 Å². The zero-order chi connectivity index (χ0) is 44.3. The van der Waals surface area contributed by atoms with Gasteiger partial charge in [0.05, 0.1) is 32.5 Å². The molecule has 5 aromatic rings. The van der Waals surface area contributed by atoms with Gasteiger partial charge in [0.25, 0.3) is 11.8 Å². The van der Waals surface area contributed by atoms with Gasteiger partial charge >= 0.3 is 13.5 Å². The van der Waals surface area contributed by atoms with E-state index < -0.39 is 86.6 Å². The van der Waals surface area contributed by atoms with Gasteiger partial charge < -0.3 is 39.4 Å². The minimum atomic E-state index is -4.44. The lowest BCUT2D eigenvalue weighted by Crippen LogP contribution is -2.48. The van der Waals surface area contributed by atoms with Gasteiger partial charge in [0.1, 0.15) is 47.6 Å². The van der Waals surface area contributed by atoms with Crippen LogP contribution >= 0.6 is 25.8 Å². The van der Waals surface area contributed by atoms with Gasteiger partial charge in [0, 0.05) is 18.2 Å². The molecule has 0 saturated carbocycles. The molecule has 4 aliphatic rings. The monoisotopic (exact) mass is 940 g/mol. The second-order valence-corrected chi connectivity index (χ2v) is 20.6. The number of aliphatic hydroxyl groups is 1. The summed E-state index contributed by atoms with van der Waals surface area (Å²) in [5, 5.41) is 17.3. The molecule has 9 rings (SSSR count). The van der Waals surface area contributed by atoms with Gasteiger partial charge in [-0.15, -0.1) is 0 Å². The third-order valence-corrected chi connectivity index (χ3v) is 14.0. The predicted octanol–water partition coefficient (Wildman–Crippen LogP) is 3.50. The van der Waals surface area contributed by atoms with E-state index in [-0.39, 0.29) is 40.9 Å². The maximum absolute atomic E-state index is 14.2. The second kappa shape index (κ2) is 16.7. The number of nitrogens with zero attached hydrogens (tertiary/aromatic N) is 8. The van der Waals surface area contributed by atoms with Crippen LogP contribution in [-0.4, -0.2) is 126 Å². The number of benzene rings is 2. The number of aromatic nitrogens is 6. The fourth-order valence-electron chi connectivity index (χ4n) is 7.81. The maximum Gasteiger partial charge on any atom is 0.386 e. The number of amidine groups is 1. The largest absolute Gasteiger partial charge is 0.386 e. The number of carbonyl (C=O) groups excluding carboxylic acids is 2. The van der Waals surface area contributed by atoms with Crippen molar-refractivity contribution in [1.82, 2.24) is 34.4 Å². The third-order valence-electron chi connectivity index (χ3n) is 10.9. The zero-order valence-electron chi connectivity index (χ0n) is 33.1. The van der Waals surface area contributed by atoms with Crippen LogP contribution in [0.1, 0.15) is 45.8 Å². The summed E-state index contributed by atoms with van der Waals surface area (Å²) in [4.78, 5) is 63.3. The smallest absolute Gasteiger partial charge is 0.386 e. The highest BCUT2D eigenvalue weighted by atomic mass is 32.7. The lowest BCUT2D eigenvalue weighted by Gasteiger charge is -2.36. The number of ether oxygens (including phenoxy) is 3. The molecule has 2 amide bonds. The van der Waals surface area contributed by atoms with Crippen molar-refractivity contribution in [2.75, 3.05) is 32.2 Å². The summed E-state index contributed by atoms with van der Waals surface area (Å²) < 4.78 is 60.0. The lowest BCUT2D eigenvalue weighted by molar-refractivity contribution is -0.184. The first-order chi connectivity index (χ1) is 30.1. The summed E-state index contributed by atoms with van der Waals surface area (Å²) in [6, 6.07) is 17.0. The van der Waals surface area contributed by atoms with Crippen LogP contribution in [-0.2, 0) is 48.7 Å². The van der Waals surface area contributed by atoms with Crippen LogP contribution in [0.2, 0.25) is 0 Å². The molecule has 7 heterocycles. The number of hydrogen-bond donors (Lipinski definition) is 5. The van der Waals surface area contributed by atoms with E-state index in [0.29, 0.717) is 11.1 Å². The van der Waals surface area contributed by atoms with E-state index in [1.54, 1.807) is 60.7 Å². The van der Waals surface area contributed by atoms with Crippen molar-refractivity contribution in [1.29, 1.82) is 0 Å². The first-order valence-corrected chi connectivity index (χ1v) is 24.3. The van der Waals surface area contributed by atoms with E-state index in [1.807, 2.05) is 0 Å². The minimum absolute atomic E-state index is 0.0861. The fourth-order valence-corrected chi connectivity index (χ4v) is 10.9. The number of aliphatic imine (C=N–C) groups is 2. The Morgan fingerprint density at radius 3 is 2.32 bits per heavy atom. The quantitative estimate of drug-likeness (QED) is 0.0676. The second-order valence-electron chi connectivity index (χ2n) is 14.9. The number of thiol groups is 1. The molecule has 0 radical (unpaired) electrons. The van der Waals surface area contributed by atoms with E-state index in [1.165, 1.54) is 42.1 Å². The van der Waals surface area contributed by atoms with Gasteiger partial charge in [-0.25, -0.2) is 29.5 Å². The molecule has 4 N–H and O–H groups in total. The van der Waals surface area contributed by atoms with Crippen LogP contribution in [0.4, 0.5) is 11.6 Å². The van der Waals surface area contributed by atoms with Crippen LogP contribution < -0.4 is 10.6 Å². The number of anilines is 1. The molecular formula is C37H38N10O12P2S2. The maximum atomic E-state index is 14.2. The van der Waals surface area contributed by atoms with Crippen LogP contribution in [0.5, 0.6) is 0 Å². The predicted molar refractivity (Wildman–Crippen MR) is 229 cm³/mol. The summed E-state index contributed by atoms with van der Waals surface area (Å²) >= 11 is 9.81. The van der Waals surface area contributed by atoms with E-state index in [0.717, 1.165) is 0 Å². The molecule has 2 aromatic carbocycles. The van der Waals surface area contributed by atoms with Gasteiger partial charge in [-0.3, -0.25) is 37.3 Å². The Hall–Kier alpha value is -4.65. The standard InChI is InChI=1S/C37H38N10O12P2S2/c1-36-14-54-60(51,62)59-27-25-35(46-18-42-22(30(46)39-3)28(38-2)44-32(49)20-10-6-4-7-11-20)57-37(27,15-53-25)16-55-61(52,63)58-26(36)24(48)34(56-36)47-19-43-23-29(40-17-41-31(23)47)45-33(50)21-12-8-5-9-13-21/h4-13,17-19,24-27,34-35,48H,3,14-16H2,1-2H3,(H,51,62)(H,52,63)(H,38,44,49)(H,40,41,45,50)/t24-,25-,26+,27+,34-,35-,36-,37-,60?,61?/m1/s1. The summed E-state index contributed by atoms with van der Waals surface area (Å²) in [6.07, 6.45) is -3.85. The fraction of sp³-hybridized carbons (Fsp3) is 0.351. The van der Waals surface area contributed by atoms with Crippen molar-refractivity contribution < 1.29 is 56.5 Å². The number of amides is 2. The Bertz CT molecular complexity index is 2730. The number of imidazole rings is 2. The van der Waals surface area contributed by atoms with Crippen molar-refractivity contribution in [3.05, 3.63) is 96.5 Å². The molecule has 4 fully saturated rings. The number of nitrogens with one attached hydrogen (secondary N) is 2. The van der Waals surface area contributed by atoms with Crippen LogP contribution in [0, 0.1) is 0 Å². The Balaban J connectivity index is 0.969. The van der Waals surface area contributed by atoms with Gasteiger partial charge in [-0.1, -0.05) is 48.6 Å². The Labute approximate surface area is 368 Å². The van der Waals surface area contributed by atoms with Crippen LogP contribution in [0.3, 0.4) is 0 Å². The highest BCUT2D eigenvalue weighted by molar-refractivity contribution is 8.44. The van der Waals surface area contributed by atoms with Gasteiger partial charge in [-0.2, -0.15) is 0 Å². The average Bonchev–Trinajstić information content (AvgIpc) is 4.09. The molecule has 2 bridgehead atoms. The van der Waals surface area contributed by atoms with Gasteiger partial charge in [0.15, 0.2) is 41.1 Å². The molecule has 3 aromatic heterocycles. The number of carbonyl (C=O) groups is 2. The summed E-state index contributed by atoms with van der Waals surface area (Å²) in [5.74, 6) is -0.570. The SMILES string of the molecule is C=Nc1c(C(=NC)NC(=O)c2ccccc2)ncn1[C@@H]1O[C@@]23CO[C@@H]1[C@@H]2OP(O)(=S)OC[C@@]1(C)O[C@@H](n2cnc4c(NC(=O)c5ccccc5)ncnc42)[C@H](O)[C@@H]1OP(=O)(S)OC3. The van der Waals surface area contributed by atoms with Crippen molar-refractivity contribution in [2.24, 2.45) is 9.98 Å². The van der Waals surface area contributed by atoms with Crippen LogP contribution in [0.15, 0.2) is 89.6 Å². The Kier molecular flexibility index (Phi) is 11.6. The highest BCUT2D eigenvalue weighted by Gasteiger charge is 2.66. The first-order valence-electron chi connectivity index (χ1n) is 19.0. The molecule has 26 heteroatoms. The zero-order valence-corrected chi connectivity index (χ0v) is 36.6. The molecule has 22 nitrogen and oxygen atoms in total. The summed E-state index contributed by atoms with van der Waals surface area (Å²) in [5.41, 5.74) is -2.05. The number of hydrogen-bond acceptors (Lipinski definition) is 18. The van der Waals surface area contributed by atoms with Gasteiger partial charge in [0.2, 0.25) is 0 Å². The van der Waals surface area contributed by atoms with E-state index in [9.17, 15) is 24.2 Å². The molecule has 2 unspecified atom stereocenters. The number of rotatable bonds is 7. The summed E-state index contributed by atoms with van der Waals surface area (Å²) in [6.45, 7) is -4.81. The van der Waals surface area contributed by atoms with Crippen molar-refractivity contribution in [2.45, 2.75) is 55.0 Å². The highest BCUT2D eigenvalue weighted by Crippen LogP contribution is 2.62. The third kappa shape index (κ3) is 8.09. The first kappa shape index (κ1) is 43.6. The number of fused-ring (bicyclic) bond motifs is 2. The summed E-state index contributed by atoms with van der Waals surface area (Å²) in [7, 11) is 1.47. The Morgan fingerprint density at radius 2 is 1.62 bits per heavy atom. The molecule has 10 atom stereocenters. The van der Waals surface area contributed by atoms with Crippen molar-refractivity contribution in [3.8, 4) is 0 Å². The molecular weight excluding hydrogens is 903 g/mol. The van der Waals surface area contributed by atoms with E-state index in [4.69, 9.17) is 44.1 Å². The Morgan fingerprint density at radius 1 is 0.921 bits per heavy atom. The molecule has 63 heavy (non-hydrogen) atoms. The topological polar surface area (TPSA) is 266 Å². The molecule has 0 spiro atoms. The van der Waals surface area contributed by atoms with Crippen molar-refractivity contribution >= 4 is 84.7 Å². The van der Waals surface area contributed by atoms with Gasteiger partial charge in [-0.05, 0) is 49.7 Å². The van der Waals surface area contributed by atoms with Crippen molar-refractivity contribution in [3.63, 3.8) is 0 Å². The minimum Gasteiger partial charge on any atom is -0.386 e. The average molecular weight is 941 g/mol. The van der Waals surface area contributed by atoms with E-state index in [2.05, 4.69) is 59.5 Å². The molecule has 4 saturated heterocycles.